The molecule has 2 saturated heterocycles. The van der Waals surface area contributed by atoms with Crippen LogP contribution in [0.1, 0.15) is 45.6 Å². The number of nitrogens with one attached hydrogen (secondary N) is 2. The first kappa shape index (κ1) is 27.7. The highest BCUT2D eigenvalue weighted by Gasteiger charge is 2.28. The number of amides is 1. The van der Waals surface area contributed by atoms with E-state index in [1.165, 1.54) is 18.4 Å². The number of ether oxygens (including phenoxy) is 1. The first-order valence-corrected chi connectivity index (χ1v) is 12.2. The molecule has 1 unspecified atom stereocenters. The summed E-state index contributed by atoms with van der Waals surface area (Å²) >= 11 is 0. The van der Waals surface area contributed by atoms with Crippen LogP contribution in [0.5, 0.6) is 5.75 Å². The number of hydrogen-bond donors (Lipinski definition) is 2. The fourth-order valence-corrected chi connectivity index (χ4v) is 4.49. The summed E-state index contributed by atoms with van der Waals surface area (Å²) in [5.41, 5.74) is 1.34. The van der Waals surface area contributed by atoms with E-state index in [9.17, 15) is 4.79 Å². The molecule has 0 saturated carbocycles. The van der Waals surface area contributed by atoms with Gasteiger partial charge in [-0.15, -0.1) is 24.0 Å². The molecule has 8 heteroatoms. The van der Waals surface area contributed by atoms with Crippen molar-refractivity contribution in [3.8, 4) is 5.75 Å². The third-order valence-corrected chi connectivity index (χ3v) is 6.46. The van der Waals surface area contributed by atoms with Crippen LogP contribution in [0, 0.1) is 11.8 Å². The van der Waals surface area contributed by atoms with Crippen molar-refractivity contribution < 1.29 is 9.53 Å². The van der Waals surface area contributed by atoms with E-state index in [1.54, 1.807) is 7.11 Å². The molecule has 2 heterocycles. The Hall–Kier alpha value is -1.55. The number of halogens is 1. The zero-order valence-electron chi connectivity index (χ0n) is 20.7. The summed E-state index contributed by atoms with van der Waals surface area (Å²) in [5, 5.41) is 6.94. The van der Waals surface area contributed by atoms with Crippen molar-refractivity contribution in [2.45, 2.75) is 52.6 Å². The molecule has 1 aromatic carbocycles. The molecule has 2 fully saturated rings. The number of piperidine rings is 1. The second-order valence-electron chi connectivity index (χ2n) is 9.36. The summed E-state index contributed by atoms with van der Waals surface area (Å²) in [6.45, 7) is 12.6. The van der Waals surface area contributed by atoms with Crippen LogP contribution in [0.2, 0.25) is 0 Å². The van der Waals surface area contributed by atoms with Gasteiger partial charge in [0, 0.05) is 44.7 Å². The number of carbonyl (C=O) groups is 1. The largest absolute Gasteiger partial charge is 0.497 e. The second kappa shape index (κ2) is 14.0. The molecule has 186 valence electrons. The van der Waals surface area contributed by atoms with Crippen molar-refractivity contribution >= 4 is 35.8 Å². The van der Waals surface area contributed by atoms with Gasteiger partial charge >= 0.3 is 0 Å². The van der Waals surface area contributed by atoms with E-state index in [1.807, 2.05) is 30.9 Å². The van der Waals surface area contributed by atoms with Crippen LogP contribution >= 0.6 is 24.0 Å². The zero-order valence-corrected chi connectivity index (χ0v) is 23.0. The molecule has 0 radical (unpaired) electrons. The molecule has 2 N–H and O–H groups in total. The third-order valence-electron chi connectivity index (χ3n) is 6.46. The monoisotopic (exact) mass is 571 g/mol. The van der Waals surface area contributed by atoms with Crippen molar-refractivity contribution in [1.82, 2.24) is 20.4 Å². The third kappa shape index (κ3) is 8.63. The van der Waals surface area contributed by atoms with Crippen LogP contribution < -0.4 is 15.4 Å². The first-order valence-electron chi connectivity index (χ1n) is 12.2. The maximum Gasteiger partial charge on any atom is 0.225 e. The molecule has 3 rings (SSSR count). The summed E-state index contributed by atoms with van der Waals surface area (Å²) in [6.07, 6.45) is 3.34. The number of hydrogen-bond acceptors (Lipinski definition) is 4. The lowest BCUT2D eigenvalue weighted by atomic mass is 9.96. The van der Waals surface area contributed by atoms with E-state index < -0.39 is 0 Å². The van der Waals surface area contributed by atoms with Gasteiger partial charge in [0.25, 0.3) is 0 Å². The Kier molecular flexibility index (Phi) is 11.7. The second-order valence-corrected chi connectivity index (χ2v) is 9.36. The number of guanidine groups is 1. The van der Waals surface area contributed by atoms with Crippen molar-refractivity contribution in [2.75, 3.05) is 46.4 Å². The van der Waals surface area contributed by atoms with E-state index in [0.717, 1.165) is 63.9 Å². The highest BCUT2D eigenvalue weighted by Crippen LogP contribution is 2.20. The standard InChI is InChI=1S/C25H41N5O2.HI/c1-5-26-25(28-22-12-15-30(18-22)24(31)19(2)3)27-16-20-10-13-29(14-11-20)17-21-6-8-23(32-4)9-7-21;/h6-9,19-20,22H,5,10-18H2,1-4H3,(H2,26,27,28);1H. The van der Waals surface area contributed by atoms with Gasteiger partial charge in [0.1, 0.15) is 5.75 Å². The molecule has 0 aromatic heterocycles. The van der Waals surface area contributed by atoms with Gasteiger partial charge in [-0.25, -0.2) is 0 Å². The quantitative estimate of drug-likeness (QED) is 0.285. The van der Waals surface area contributed by atoms with Gasteiger partial charge in [0.2, 0.25) is 5.91 Å². The summed E-state index contributed by atoms with van der Waals surface area (Å²) in [6, 6.07) is 8.66. The van der Waals surface area contributed by atoms with E-state index >= 15 is 0 Å². The summed E-state index contributed by atoms with van der Waals surface area (Å²) in [7, 11) is 1.70. The van der Waals surface area contributed by atoms with Crippen molar-refractivity contribution in [3.63, 3.8) is 0 Å². The molecule has 1 atom stereocenters. The average Bonchev–Trinajstić information content (AvgIpc) is 3.27. The SMILES string of the molecule is CCNC(=NCC1CCN(Cc2ccc(OC)cc2)CC1)NC1CCN(C(=O)C(C)C)C1.I. The van der Waals surface area contributed by atoms with Gasteiger partial charge < -0.3 is 20.3 Å². The minimum atomic E-state index is 0. The topological polar surface area (TPSA) is 69.2 Å². The number of aliphatic imine (C=N–C) groups is 1. The Morgan fingerprint density at radius 1 is 1.15 bits per heavy atom. The summed E-state index contributed by atoms with van der Waals surface area (Å²) < 4.78 is 5.25. The molecule has 0 aliphatic carbocycles. The van der Waals surface area contributed by atoms with E-state index in [-0.39, 0.29) is 41.8 Å². The minimum Gasteiger partial charge on any atom is -0.497 e. The number of benzene rings is 1. The highest BCUT2D eigenvalue weighted by atomic mass is 127. The average molecular weight is 572 g/mol. The molecule has 0 spiro atoms. The predicted octanol–water partition coefficient (Wildman–Crippen LogP) is 3.34. The van der Waals surface area contributed by atoms with E-state index in [0.29, 0.717) is 5.92 Å². The van der Waals surface area contributed by atoms with Crippen molar-refractivity contribution in [1.29, 1.82) is 0 Å². The summed E-state index contributed by atoms with van der Waals surface area (Å²) in [5.74, 6) is 2.73. The van der Waals surface area contributed by atoms with Gasteiger partial charge in [-0.2, -0.15) is 0 Å². The molecular weight excluding hydrogens is 529 g/mol. The molecule has 1 amide bonds. The highest BCUT2D eigenvalue weighted by molar-refractivity contribution is 14.0. The molecule has 2 aliphatic rings. The lowest BCUT2D eigenvalue weighted by molar-refractivity contribution is -0.133. The van der Waals surface area contributed by atoms with Gasteiger partial charge in [-0.3, -0.25) is 14.7 Å². The van der Waals surface area contributed by atoms with E-state index in [2.05, 4.69) is 34.6 Å². The van der Waals surface area contributed by atoms with Crippen molar-refractivity contribution in [2.24, 2.45) is 16.8 Å². The molecule has 0 bridgehead atoms. The lowest BCUT2D eigenvalue weighted by Crippen LogP contribution is -2.45. The van der Waals surface area contributed by atoms with Crippen molar-refractivity contribution in [3.05, 3.63) is 29.8 Å². The Morgan fingerprint density at radius 2 is 1.85 bits per heavy atom. The number of likely N-dealkylation sites (tertiary alicyclic amines) is 2. The Bertz CT molecular complexity index is 748. The van der Waals surface area contributed by atoms with Gasteiger partial charge in [0.15, 0.2) is 5.96 Å². The van der Waals surface area contributed by atoms with Crippen LogP contribution in [0.3, 0.4) is 0 Å². The molecule has 2 aliphatic heterocycles. The Balaban J connectivity index is 0.00000385. The Labute approximate surface area is 216 Å². The van der Waals surface area contributed by atoms with Crippen LogP contribution in [-0.4, -0.2) is 74.1 Å². The van der Waals surface area contributed by atoms with Crippen LogP contribution in [-0.2, 0) is 11.3 Å². The van der Waals surface area contributed by atoms with Crippen LogP contribution in [0.15, 0.2) is 29.3 Å². The fraction of sp³-hybridized carbons (Fsp3) is 0.680. The Morgan fingerprint density at radius 3 is 2.45 bits per heavy atom. The normalized spacial score (nSPS) is 20.0. The lowest BCUT2D eigenvalue weighted by Gasteiger charge is -2.31. The molecule has 1 aromatic rings. The molecule has 7 nitrogen and oxygen atoms in total. The minimum absolute atomic E-state index is 0. The molecule has 33 heavy (non-hydrogen) atoms. The smallest absolute Gasteiger partial charge is 0.225 e. The van der Waals surface area contributed by atoms with Gasteiger partial charge in [-0.1, -0.05) is 26.0 Å². The summed E-state index contributed by atoms with van der Waals surface area (Å²) in [4.78, 5) is 21.6. The maximum atomic E-state index is 12.2. The fourth-order valence-electron chi connectivity index (χ4n) is 4.49. The van der Waals surface area contributed by atoms with Gasteiger partial charge in [0.05, 0.1) is 7.11 Å². The zero-order chi connectivity index (χ0) is 22.9. The maximum absolute atomic E-state index is 12.2. The van der Waals surface area contributed by atoms with Crippen LogP contribution in [0.25, 0.3) is 0 Å². The van der Waals surface area contributed by atoms with E-state index in [4.69, 9.17) is 9.73 Å². The predicted molar refractivity (Wildman–Crippen MR) is 145 cm³/mol. The first-order chi connectivity index (χ1) is 15.5. The number of rotatable bonds is 8. The number of nitrogens with zero attached hydrogens (tertiary/aromatic N) is 3. The van der Waals surface area contributed by atoms with Gasteiger partial charge in [-0.05, 0) is 62.9 Å². The number of carbonyl (C=O) groups excluding carboxylic acids is 1. The number of methoxy groups -OCH3 is 1. The molecular formula is C25H42IN5O2. The van der Waals surface area contributed by atoms with Crippen LogP contribution in [0.4, 0.5) is 0 Å².